The second-order valence-electron chi connectivity index (χ2n) is 8.31. The van der Waals surface area contributed by atoms with Crippen molar-refractivity contribution in [3.8, 4) is 11.1 Å². The van der Waals surface area contributed by atoms with Crippen LogP contribution in [0.1, 0.15) is 30.7 Å². The lowest BCUT2D eigenvalue weighted by Crippen LogP contribution is -2.33. The molecule has 7 nitrogen and oxygen atoms in total. The fourth-order valence-electron chi connectivity index (χ4n) is 3.75. The van der Waals surface area contributed by atoms with Crippen molar-refractivity contribution < 1.29 is 30.8 Å². The van der Waals surface area contributed by atoms with Crippen LogP contribution >= 0.6 is 0 Å². The molecule has 190 valence electrons. The average molecular weight is 523 g/mol. The number of rotatable bonds is 7. The van der Waals surface area contributed by atoms with E-state index in [9.17, 15) is 30.8 Å². The number of alkyl halides is 3. The molecule has 0 atom stereocenters. The van der Waals surface area contributed by atoms with E-state index in [-0.39, 0.29) is 11.5 Å². The molecule has 0 spiro atoms. The van der Waals surface area contributed by atoms with Crippen LogP contribution in [-0.4, -0.2) is 32.2 Å². The first-order valence-electron chi connectivity index (χ1n) is 11.0. The maximum atomic E-state index is 13.9. The van der Waals surface area contributed by atoms with Crippen molar-refractivity contribution in [3.63, 3.8) is 0 Å². The normalized spacial score (nSPS) is 14.2. The Morgan fingerprint density at radius 1 is 1.03 bits per heavy atom. The summed E-state index contributed by atoms with van der Waals surface area (Å²) in [5.41, 5.74) is 2.20. The first-order valence-corrected chi connectivity index (χ1v) is 12.5. The number of pyridine rings is 1. The molecular formula is C24H22F4N4O3S. The molecule has 1 heterocycles. The average Bonchev–Trinajstić information content (AvgIpc) is 2.78. The van der Waals surface area contributed by atoms with Gasteiger partial charge in [0.25, 0.3) is 0 Å². The van der Waals surface area contributed by atoms with Gasteiger partial charge in [0.05, 0.1) is 10.6 Å². The number of benzene rings is 2. The number of urea groups is 1. The Kier molecular flexibility index (Phi) is 7.27. The highest BCUT2D eigenvalue weighted by Crippen LogP contribution is 2.39. The third-order valence-electron chi connectivity index (χ3n) is 5.78. The zero-order valence-electron chi connectivity index (χ0n) is 18.8. The van der Waals surface area contributed by atoms with Crippen LogP contribution < -0.4 is 15.4 Å². The highest BCUT2D eigenvalue weighted by molar-refractivity contribution is 7.89. The van der Waals surface area contributed by atoms with Crippen molar-refractivity contribution in [1.29, 1.82) is 0 Å². The SMILES string of the molecule is O=C(Nc1cc(S(=O)(=O)NCC(F)(F)F)ccc1-c1cccc(C2CCC2)c1)Nc1ncccc1F. The molecule has 3 aromatic rings. The molecule has 3 N–H and O–H groups in total. The molecule has 1 aliphatic rings. The highest BCUT2D eigenvalue weighted by atomic mass is 32.2. The van der Waals surface area contributed by atoms with Crippen LogP contribution in [0.25, 0.3) is 11.1 Å². The second-order valence-corrected chi connectivity index (χ2v) is 10.1. The molecule has 0 unspecified atom stereocenters. The zero-order valence-corrected chi connectivity index (χ0v) is 19.6. The number of nitrogens with zero attached hydrogens (tertiary/aromatic N) is 1. The van der Waals surface area contributed by atoms with Crippen molar-refractivity contribution in [2.24, 2.45) is 0 Å². The number of hydrogen-bond donors (Lipinski definition) is 3. The lowest BCUT2D eigenvalue weighted by Gasteiger charge is -2.26. The van der Waals surface area contributed by atoms with E-state index in [0.717, 1.165) is 43.0 Å². The number of carbonyl (C=O) groups is 1. The maximum absolute atomic E-state index is 13.9. The quantitative estimate of drug-likeness (QED) is 0.350. The largest absolute Gasteiger partial charge is 0.402 e. The fraction of sp³-hybridized carbons (Fsp3) is 0.250. The van der Waals surface area contributed by atoms with E-state index in [0.29, 0.717) is 17.0 Å². The van der Waals surface area contributed by atoms with Gasteiger partial charge in [-0.1, -0.05) is 36.8 Å². The van der Waals surface area contributed by atoms with Crippen LogP contribution in [0, 0.1) is 5.82 Å². The minimum absolute atomic E-state index is 0.00415. The topological polar surface area (TPSA) is 100 Å². The minimum Gasteiger partial charge on any atom is -0.307 e. The van der Waals surface area contributed by atoms with Gasteiger partial charge in [-0.25, -0.2) is 27.3 Å². The van der Waals surface area contributed by atoms with Gasteiger partial charge >= 0.3 is 12.2 Å². The van der Waals surface area contributed by atoms with Crippen molar-refractivity contribution in [1.82, 2.24) is 9.71 Å². The molecule has 4 rings (SSSR count). The Balaban J connectivity index is 1.69. The number of halogens is 4. The maximum Gasteiger partial charge on any atom is 0.402 e. The number of anilines is 2. The van der Waals surface area contributed by atoms with Gasteiger partial charge in [-0.3, -0.25) is 5.32 Å². The molecule has 0 saturated heterocycles. The number of amides is 2. The lowest BCUT2D eigenvalue weighted by atomic mass is 9.79. The summed E-state index contributed by atoms with van der Waals surface area (Å²) in [7, 11) is -4.55. The van der Waals surface area contributed by atoms with E-state index in [1.54, 1.807) is 6.07 Å². The number of nitrogens with one attached hydrogen (secondary N) is 3. The Morgan fingerprint density at radius 2 is 1.81 bits per heavy atom. The van der Waals surface area contributed by atoms with Crippen molar-refractivity contribution in [2.45, 2.75) is 36.3 Å². The van der Waals surface area contributed by atoms with Gasteiger partial charge in [0, 0.05) is 11.8 Å². The number of aromatic nitrogens is 1. The molecule has 0 aliphatic heterocycles. The monoisotopic (exact) mass is 522 g/mol. The van der Waals surface area contributed by atoms with Crippen LogP contribution in [0.5, 0.6) is 0 Å². The molecular weight excluding hydrogens is 500 g/mol. The predicted octanol–water partition coefficient (Wildman–Crippen LogP) is 5.64. The van der Waals surface area contributed by atoms with Gasteiger partial charge < -0.3 is 5.32 Å². The van der Waals surface area contributed by atoms with E-state index in [1.807, 2.05) is 18.2 Å². The van der Waals surface area contributed by atoms with E-state index >= 15 is 0 Å². The molecule has 0 radical (unpaired) electrons. The summed E-state index contributed by atoms with van der Waals surface area (Å²) < 4.78 is 78.2. The van der Waals surface area contributed by atoms with Crippen LogP contribution in [-0.2, 0) is 10.0 Å². The van der Waals surface area contributed by atoms with Gasteiger partial charge in [-0.15, -0.1) is 0 Å². The Morgan fingerprint density at radius 3 is 2.47 bits per heavy atom. The predicted molar refractivity (Wildman–Crippen MR) is 127 cm³/mol. The van der Waals surface area contributed by atoms with Crippen LogP contribution in [0.3, 0.4) is 0 Å². The summed E-state index contributed by atoms with van der Waals surface area (Å²) in [5.74, 6) is -0.726. The lowest BCUT2D eigenvalue weighted by molar-refractivity contribution is -0.121. The number of carbonyl (C=O) groups excluding carboxylic acids is 1. The van der Waals surface area contributed by atoms with Crippen molar-refractivity contribution >= 4 is 27.6 Å². The van der Waals surface area contributed by atoms with E-state index in [2.05, 4.69) is 15.6 Å². The van der Waals surface area contributed by atoms with Crippen LogP contribution in [0.2, 0.25) is 0 Å². The Bertz CT molecular complexity index is 1380. The molecule has 1 aromatic heterocycles. The van der Waals surface area contributed by atoms with Gasteiger partial charge in [0.2, 0.25) is 10.0 Å². The highest BCUT2D eigenvalue weighted by Gasteiger charge is 2.30. The van der Waals surface area contributed by atoms with Gasteiger partial charge in [0.1, 0.15) is 6.54 Å². The minimum atomic E-state index is -4.75. The standard InChI is InChI=1S/C24H22F4N4O3S/c25-20-8-3-11-29-22(20)32-23(33)31-21-13-18(36(34,35)30-14-24(26,27)28)9-10-19(21)17-7-2-6-16(12-17)15-4-1-5-15/h2-3,6-13,15,30H,1,4-5,14H2,(H2,29,31,32,33). The molecule has 1 aliphatic carbocycles. The summed E-state index contributed by atoms with van der Waals surface area (Å²) in [6, 6.07) is 12.7. The Labute approximate surface area is 205 Å². The van der Waals surface area contributed by atoms with Gasteiger partial charge in [-0.05, 0) is 54.2 Å². The second kappa shape index (κ2) is 10.2. The Hall–Kier alpha value is -3.51. The van der Waals surface area contributed by atoms with E-state index in [1.165, 1.54) is 23.1 Å². The van der Waals surface area contributed by atoms with Crippen molar-refractivity contribution in [2.75, 3.05) is 17.2 Å². The number of sulfonamides is 1. The summed E-state index contributed by atoms with van der Waals surface area (Å²) >= 11 is 0. The van der Waals surface area contributed by atoms with Crippen LogP contribution in [0.15, 0.2) is 65.7 Å². The summed E-state index contributed by atoms with van der Waals surface area (Å²) in [4.78, 5) is 15.9. The van der Waals surface area contributed by atoms with E-state index in [4.69, 9.17) is 0 Å². The van der Waals surface area contributed by atoms with Crippen molar-refractivity contribution in [3.05, 3.63) is 72.2 Å². The fourth-order valence-corrected chi connectivity index (χ4v) is 4.79. The summed E-state index contributed by atoms with van der Waals surface area (Å²) in [5, 5.41) is 4.71. The molecule has 2 aromatic carbocycles. The van der Waals surface area contributed by atoms with Crippen LogP contribution in [0.4, 0.5) is 33.9 Å². The first-order chi connectivity index (χ1) is 17.0. The molecule has 1 fully saturated rings. The zero-order chi connectivity index (χ0) is 25.9. The molecule has 0 bridgehead atoms. The summed E-state index contributed by atoms with van der Waals surface area (Å²) in [6.45, 7) is -1.75. The molecule has 36 heavy (non-hydrogen) atoms. The third-order valence-corrected chi connectivity index (χ3v) is 7.18. The molecule has 12 heteroatoms. The first kappa shape index (κ1) is 25.6. The number of hydrogen-bond acceptors (Lipinski definition) is 4. The van der Waals surface area contributed by atoms with Gasteiger partial charge in [-0.2, -0.15) is 13.2 Å². The molecule has 2 amide bonds. The summed E-state index contributed by atoms with van der Waals surface area (Å²) in [6.07, 6.45) is -0.245. The third kappa shape index (κ3) is 6.18. The molecule has 1 saturated carbocycles. The van der Waals surface area contributed by atoms with E-state index < -0.39 is 39.5 Å². The van der Waals surface area contributed by atoms with Gasteiger partial charge in [0.15, 0.2) is 11.6 Å². The smallest absolute Gasteiger partial charge is 0.307 e.